The van der Waals surface area contributed by atoms with E-state index >= 15 is 0 Å². The van der Waals surface area contributed by atoms with Gasteiger partial charge in [0, 0.05) is 17.6 Å². The summed E-state index contributed by atoms with van der Waals surface area (Å²) in [4.78, 5) is 2.27. The zero-order valence-electron chi connectivity index (χ0n) is 14.3. The van der Waals surface area contributed by atoms with E-state index < -0.39 is 11.7 Å². The Morgan fingerprint density at radius 1 is 1.29 bits per heavy atom. The molecule has 0 aromatic carbocycles. The van der Waals surface area contributed by atoms with Crippen molar-refractivity contribution >= 4 is 0 Å². The molecule has 0 unspecified atom stereocenters. The Balaban J connectivity index is 2.69. The summed E-state index contributed by atoms with van der Waals surface area (Å²) in [6, 6.07) is 0. The highest BCUT2D eigenvalue weighted by atomic mass is 16.5. The van der Waals surface area contributed by atoms with E-state index in [0.29, 0.717) is 19.4 Å². The molecule has 4 heteroatoms. The van der Waals surface area contributed by atoms with Crippen LogP contribution in [0.25, 0.3) is 0 Å². The maximum Gasteiger partial charge on any atom is 0.122 e. The fraction of sp³-hybridized carbons (Fsp3) is 0.882. The first-order valence-electron chi connectivity index (χ1n) is 7.65. The molecule has 1 heterocycles. The zero-order valence-corrected chi connectivity index (χ0v) is 14.3. The SMILES string of the molecule is C#CC(C)(C)OC[C@H](O)CN1C(C)(C)CC(O)CC1(C)C. The summed E-state index contributed by atoms with van der Waals surface area (Å²) in [5.74, 6) is 2.56. The van der Waals surface area contributed by atoms with Crippen molar-refractivity contribution in [2.24, 2.45) is 0 Å². The van der Waals surface area contributed by atoms with Gasteiger partial charge in [-0.15, -0.1) is 6.42 Å². The zero-order chi connectivity index (χ0) is 16.5. The molecule has 21 heavy (non-hydrogen) atoms. The highest BCUT2D eigenvalue weighted by Crippen LogP contribution is 2.38. The van der Waals surface area contributed by atoms with E-state index in [1.165, 1.54) is 0 Å². The molecule has 0 bridgehead atoms. The molecular weight excluding hydrogens is 266 g/mol. The third-order valence-electron chi connectivity index (χ3n) is 4.31. The molecule has 0 aromatic heterocycles. The molecule has 1 fully saturated rings. The van der Waals surface area contributed by atoms with E-state index in [4.69, 9.17) is 11.2 Å². The lowest BCUT2D eigenvalue weighted by Crippen LogP contribution is -2.63. The second kappa shape index (κ2) is 6.26. The third kappa shape index (κ3) is 4.96. The van der Waals surface area contributed by atoms with Crippen LogP contribution in [0.1, 0.15) is 54.4 Å². The predicted octanol–water partition coefficient (Wildman–Crippen LogP) is 1.79. The Hall–Kier alpha value is -0.600. The molecule has 0 amide bonds. The van der Waals surface area contributed by atoms with Gasteiger partial charge in [-0.2, -0.15) is 0 Å². The number of hydrogen-bond donors (Lipinski definition) is 2. The van der Waals surface area contributed by atoms with Gasteiger partial charge in [-0.3, -0.25) is 4.90 Å². The van der Waals surface area contributed by atoms with Crippen molar-refractivity contribution in [2.45, 2.75) is 83.3 Å². The van der Waals surface area contributed by atoms with E-state index in [1.54, 1.807) is 0 Å². The number of hydrogen-bond acceptors (Lipinski definition) is 4. The number of ether oxygens (including phenoxy) is 1. The number of β-amino-alcohol motifs (C(OH)–C–C–N with tert-alkyl or cyclic N) is 1. The first kappa shape index (κ1) is 18.4. The first-order chi connectivity index (χ1) is 9.39. The third-order valence-corrected chi connectivity index (χ3v) is 4.31. The van der Waals surface area contributed by atoms with Crippen molar-refractivity contribution in [2.75, 3.05) is 13.2 Å². The lowest BCUT2D eigenvalue weighted by Gasteiger charge is -2.55. The van der Waals surface area contributed by atoms with Crippen molar-refractivity contribution in [3.63, 3.8) is 0 Å². The molecule has 1 atom stereocenters. The first-order valence-corrected chi connectivity index (χ1v) is 7.65. The minimum absolute atomic E-state index is 0.163. The molecule has 0 radical (unpaired) electrons. The minimum Gasteiger partial charge on any atom is -0.393 e. The normalized spacial score (nSPS) is 24.5. The highest BCUT2D eigenvalue weighted by Gasteiger charge is 2.45. The van der Waals surface area contributed by atoms with Gasteiger partial charge in [0.2, 0.25) is 0 Å². The number of aliphatic hydroxyl groups excluding tert-OH is 2. The van der Waals surface area contributed by atoms with Gasteiger partial charge in [0.05, 0.1) is 18.8 Å². The predicted molar refractivity (Wildman–Crippen MR) is 85.0 cm³/mol. The van der Waals surface area contributed by atoms with Gasteiger partial charge >= 0.3 is 0 Å². The lowest BCUT2D eigenvalue weighted by molar-refractivity contribution is -0.111. The van der Waals surface area contributed by atoms with Crippen LogP contribution in [-0.4, -0.2) is 57.2 Å². The van der Waals surface area contributed by atoms with Crippen LogP contribution >= 0.6 is 0 Å². The summed E-state index contributed by atoms with van der Waals surface area (Å²) < 4.78 is 5.58. The van der Waals surface area contributed by atoms with Crippen molar-refractivity contribution in [1.82, 2.24) is 4.90 Å². The molecule has 0 spiro atoms. The van der Waals surface area contributed by atoms with Crippen molar-refractivity contribution in [3.8, 4) is 12.3 Å². The number of rotatable bonds is 5. The van der Waals surface area contributed by atoms with Gasteiger partial charge in [-0.25, -0.2) is 0 Å². The van der Waals surface area contributed by atoms with Crippen molar-refractivity contribution in [1.29, 1.82) is 0 Å². The van der Waals surface area contributed by atoms with Crippen molar-refractivity contribution < 1.29 is 14.9 Å². The molecule has 4 nitrogen and oxygen atoms in total. The Morgan fingerprint density at radius 3 is 2.19 bits per heavy atom. The smallest absolute Gasteiger partial charge is 0.122 e. The minimum atomic E-state index is -0.663. The number of piperidine rings is 1. The van der Waals surface area contributed by atoms with Crippen LogP contribution in [0.2, 0.25) is 0 Å². The fourth-order valence-electron chi connectivity index (χ4n) is 3.37. The summed E-state index contributed by atoms with van der Waals surface area (Å²) in [5.41, 5.74) is -0.988. The van der Waals surface area contributed by atoms with E-state index in [2.05, 4.69) is 38.5 Å². The number of aliphatic hydroxyl groups is 2. The second-order valence-corrected chi connectivity index (χ2v) is 7.92. The van der Waals surface area contributed by atoms with Crippen LogP contribution < -0.4 is 0 Å². The standard InChI is InChI=1S/C17H31NO3/c1-8-17(6,7)21-12-14(20)11-18-15(2,3)9-13(19)10-16(18,4)5/h1,13-14,19-20H,9-12H2,2-7H3/t14-/m1/s1. The van der Waals surface area contributed by atoms with Crippen LogP contribution in [0, 0.1) is 12.3 Å². The van der Waals surface area contributed by atoms with Crippen LogP contribution in [0.3, 0.4) is 0 Å². The molecule has 0 saturated carbocycles. The molecular formula is C17H31NO3. The Labute approximate surface area is 129 Å². The number of likely N-dealkylation sites (tertiary alicyclic amines) is 1. The second-order valence-electron chi connectivity index (χ2n) is 7.92. The van der Waals surface area contributed by atoms with E-state index in [-0.39, 0.29) is 23.8 Å². The Kier molecular flexibility index (Phi) is 5.50. The monoisotopic (exact) mass is 297 g/mol. The summed E-state index contributed by atoms with van der Waals surface area (Å²) in [5, 5.41) is 20.3. The highest BCUT2D eigenvalue weighted by molar-refractivity contribution is 5.03. The molecule has 0 aliphatic carbocycles. The Morgan fingerprint density at radius 2 is 1.76 bits per heavy atom. The summed E-state index contributed by atoms with van der Waals surface area (Å²) >= 11 is 0. The maximum absolute atomic E-state index is 10.3. The number of nitrogens with zero attached hydrogens (tertiary/aromatic N) is 1. The molecule has 1 saturated heterocycles. The van der Waals surface area contributed by atoms with Crippen LogP contribution in [0.4, 0.5) is 0 Å². The van der Waals surface area contributed by atoms with E-state index in [9.17, 15) is 10.2 Å². The average molecular weight is 297 g/mol. The van der Waals surface area contributed by atoms with Crippen LogP contribution in [-0.2, 0) is 4.74 Å². The molecule has 1 aliphatic heterocycles. The van der Waals surface area contributed by atoms with E-state index in [0.717, 1.165) is 0 Å². The summed E-state index contributed by atoms with van der Waals surface area (Å²) in [7, 11) is 0. The average Bonchev–Trinajstić information content (AvgIpc) is 2.30. The van der Waals surface area contributed by atoms with Gasteiger partial charge in [0.1, 0.15) is 5.60 Å². The lowest BCUT2D eigenvalue weighted by atomic mass is 9.78. The van der Waals surface area contributed by atoms with Gasteiger partial charge < -0.3 is 14.9 Å². The van der Waals surface area contributed by atoms with Gasteiger partial charge in [0.15, 0.2) is 0 Å². The molecule has 122 valence electrons. The quantitative estimate of drug-likeness (QED) is 0.760. The molecule has 1 aliphatic rings. The summed E-state index contributed by atoms with van der Waals surface area (Å²) in [6.45, 7) is 12.8. The summed E-state index contributed by atoms with van der Waals surface area (Å²) in [6.07, 6.45) is 5.90. The molecule has 2 N–H and O–H groups in total. The molecule has 0 aromatic rings. The van der Waals surface area contributed by atoms with Gasteiger partial charge in [-0.1, -0.05) is 5.92 Å². The molecule has 1 rings (SSSR count). The van der Waals surface area contributed by atoms with Crippen molar-refractivity contribution in [3.05, 3.63) is 0 Å². The Bertz CT molecular complexity index is 377. The fourth-order valence-corrected chi connectivity index (χ4v) is 3.37. The number of terminal acetylenes is 1. The van der Waals surface area contributed by atoms with Gasteiger partial charge in [-0.05, 0) is 54.4 Å². The maximum atomic E-state index is 10.3. The van der Waals surface area contributed by atoms with Crippen LogP contribution in [0.5, 0.6) is 0 Å². The van der Waals surface area contributed by atoms with Crippen LogP contribution in [0.15, 0.2) is 0 Å². The van der Waals surface area contributed by atoms with E-state index in [1.807, 2.05) is 13.8 Å². The largest absolute Gasteiger partial charge is 0.393 e. The van der Waals surface area contributed by atoms with Gasteiger partial charge in [0.25, 0.3) is 0 Å². The topological polar surface area (TPSA) is 52.9 Å².